The van der Waals surface area contributed by atoms with E-state index in [9.17, 15) is 45.1 Å². The molecule has 4 aromatic carbocycles. The van der Waals surface area contributed by atoms with Crippen molar-refractivity contribution in [1.29, 1.82) is 0 Å². The molecule has 0 aliphatic carbocycles. The zero-order chi connectivity index (χ0) is 48.3. The number of hydrogen-bond acceptors (Lipinski definition) is 18. The summed E-state index contributed by atoms with van der Waals surface area (Å²) in [6.45, 7) is 4.14. The van der Waals surface area contributed by atoms with E-state index in [4.69, 9.17) is 31.2 Å². The van der Waals surface area contributed by atoms with Gasteiger partial charge in [-0.3, -0.25) is 9.59 Å². The topological polar surface area (TPSA) is 349 Å². The Kier molecular flexibility index (Phi) is 27.9. The highest BCUT2D eigenvalue weighted by Crippen LogP contribution is 2.23. The molecule has 352 valence electrons. The van der Waals surface area contributed by atoms with Gasteiger partial charge in [0.25, 0.3) is 0 Å². The molecule has 4 aromatic rings. The number of carboxylic acid groups (broad SMARTS) is 2. The van der Waals surface area contributed by atoms with Crippen LogP contribution in [0.5, 0.6) is 0 Å². The van der Waals surface area contributed by atoms with Crippen molar-refractivity contribution < 1.29 is 76.3 Å². The summed E-state index contributed by atoms with van der Waals surface area (Å²) >= 11 is 0. The predicted molar refractivity (Wildman–Crippen MR) is 245 cm³/mol. The van der Waals surface area contributed by atoms with Gasteiger partial charge in [-0.25, -0.2) is 26.4 Å². The van der Waals surface area contributed by atoms with Crippen LogP contribution in [-0.4, -0.2) is 107 Å². The number of esters is 2. The number of aryl methyl sites for hydroxylation is 2. The van der Waals surface area contributed by atoms with Gasteiger partial charge in [0.1, 0.15) is 45.5 Å². The summed E-state index contributed by atoms with van der Waals surface area (Å²) in [6, 6.07) is 27.8. The molecule has 0 spiro atoms. The second-order valence-electron chi connectivity index (χ2n) is 13.1. The molecule has 0 aliphatic heterocycles. The van der Waals surface area contributed by atoms with Gasteiger partial charge in [0.05, 0.1) is 21.3 Å². The maximum absolute atomic E-state index is 12.0. The van der Waals surface area contributed by atoms with Gasteiger partial charge in [-0.15, -0.1) is 0 Å². The Hall–Kier alpha value is -4.18. The fourth-order valence-corrected chi connectivity index (χ4v) is 9.41. The van der Waals surface area contributed by atoms with Crippen LogP contribution in [0.15, 0.2) is 119 Å². The molecular formula is C40H52N4O14S6. The van der Waals surface area contributed by atoms with Crippen molar-refractivity contribution in [2.45, 2.75) is 61.0 Å². The number of carbonyl (C=O) groups excluding carboxylic acids is 2. The van der Waals surface area contributed by atoms with Gasteiger partial charge in [-0.2, -0.15) is 0 Å². The number of aliphatic carboxylic acids is 2. The molecule has 0 saturated heterocycles. The molecule has 4 unspecified atom stereocenters. The average molecular weight is 1010 g/mol. The van der Waals surface area contributed by atoms with Crippen LogP contribution in [-0.2, 0) is 62.1 Å². The summed E-state index contributed by atoms with van der Waals surface area (Å²) in [7, 11) is -3.18. The second kappa shape index (κ2) is 30.9. The van der Waals surface area contributed by atoms with Gasteiger partial charge in [-0.05, 0) is 49.2 Å². The Morgan fingerprint density at radius 1 is 0.547 bits per heavy atom. The largest absolute Gasteiger partial charge is 0.744 e. The van der Waals surface area contributed by atoms with Crippen LogP contribution >= 0.6 is 43.2 Å². The van der Waals surface area contributed by atoms with Crippen LogP contribution in [0.4, 0.5) is 0 Å². The molecule has 0 fully saturated rings. The summed E-state index contributed by atoms with van der Waals surface area (Å²) in [6.07, 6.45) is 0. The van der Waals surface area contributed by atoms with Crippen LogP contribution in [0, 0.1) is 13.8 Å². The van der Waals surface area contributed by atoms with Crippen LogP contribution < -0.4 is 22.9 Å². The summed E-state index contributed by atoms with van der Waals surface area (Å²) in [5.41, 5.74) is 21.9. The van der Waals surface area contributed by atoms with E-state index < -0.39 is 56.3 Å². The van der Waals surface area contributed by atoms with Crippen LogP contribution in [0.3, 0.4) is 0 Å². The minimum Gasteiger partial charge on any atom is -0.744 e. The van der Waals surface area contributed by atoms with Gasteiger partial charge in [0, 0.05) is 11.5 Å². The van der Waals surface area contributed by atoms with Crippen molar-refractivity contribution in [1.82, 2.24) is 0 Å². The molecule has 24 heteroatoms. The van der Waals surface area contributed by atoms with Crippen molar-refractivity contribution in [3.05, 3.63) is 131 Å². The zero-order valence-electron chi connectivity index (χ0n) is 34.8. The molecule has 0 heterocycles. The number of quaternary nitrogens is 2. The maximum atomic E-state index is 12.0. The minimum atomic E-state index is -4.27. The summed E-state index contributed by atoms with van der Waals surface area (Å²) in [5.74, 6) is -1.33. The molecule has 0 amide bonds. The fourth-order valence-electron chi connectivity index (χ4n) is 3.88. The van der Waals surface area contributed by atoms with E-state index in [0.29, 0.717) is 11.5 Å². The first kappa shape index (κ1) is 57.8. The lowest BCUT2D eigenvalue weighted by molar-refractivity contribution is -0.401. The quantitative estimate of drug-likeness (QED) is 0.0319. The van der Waals surface area contributed by atoms with E-state index in [2.05, 4.69) is 11.5 Å². The summed E-state index contributed by atoms with van der Waals surface area (Å²) < 4.78 is 72.9. The number of nitrogens with two attached hydrogens (primary N) is 2. The van der Waals surface area contributed by atoms with Crippen LogP contribution in [0.25, 0.3) is 0 Å². The standard InChI is InChI=1S/C20H24N2O4S2.2C7H8O3S.C6H12N2O4S2/c21-17(19(23)25-11-15-7-3-1-4-8-15)13-27-28-14-18(22)20(24)26-12-16-9-5-2-6-10-16;2*1-6-2-4-7(5-3-6)11(8,9)10;7-3(5(9)10)1-13-14-2-4(8)6(11)12/h1-10,17-18H,11-14,21-22H2;2*2-5H,1H3,(H,8,9,10);3-4H,1-2,7-8H2,(H,9,10)(H,11,12). The summed E-state index contributed by atoms with van der Waals surface area (Å²) in [4.78, 5) is 44.1. The normalized spacial score (nSPS) is 12.8. The Labute approximate surface area is 388 Å². The van der Waals surface area contributed by atoms with Gasteiger partial charge in [0.15, 0.2) is 12.1 Å². The van der Waals surface area contributed by atoms with Crippen molar-refractivity contribution in [3.63, 3.8) is 0 Å². The number of benzene rings is 4. The number of carbonyl (C=O) groups is 4. The van der Waals surface area contributed by atoms with Crippen LogP contribution in [0.1, 0.15) is 22.3 Å². The smallest absolute Gasteiger partial charge is 0.366 e. The average Bonchev–Trinajstić information content (AvgIpc) is 3.25. The zero-order valence-corrected chi connectivity index (χ0v) is 39.7. The molecular weight excluding hydrogens is 953 g/mol. The second-order valence-corrected chi connectivity index (χ2v) is 21.0. The molecule has 18 nitrogen and oxygen atoms in total. The minimum absolute atomic E-state index is 0.178. The third-order valence-electron chi connectivity index (χ3n) is 7.57. The van der Waals surface area contributed by atoms with E-state index in [1.165, 1.54) is 67.4 Å². The molecule has 0 aliphatic rings. The van der Waals surface area contributed by atoms with Crippen molar-refractivity contribution in [2.24, 2.45) is 11.5 Å². The Bertz CT molecular complexity index is 2070. The number of hydrogen-bond donors (Lipinski definition) is 6. The first-order valence-corrected chi connectivity index (χ1v) is 26.4. The van der Waals surface area contributed by atoms with Crippen molar-refractivity contribution >= 4 is 87.3 Å². The molecule has 0 bridgehead atoms. The lowest BCUT2D eigenvalue weighted by Crippen LogP contribution is -2.67. The van der Waals surface area contributed by atoms with E-state index in [1.807, 2.05) is 74.5 Å². The maximum Gasteiger partial charge on any atom is 0.366 e. The number of ether oxygens (including phenoxy) is 2. The SMILES string of the molecule is Cc1ccc(S(=O)(=O)[O-])cc1.Cc1ccc(S(=O)(=O)[O-])cc1.NC(CSSCC(N)C(=O)O)C(=O)O.[NH3+]C(CSSCC([NH3+])C(=O)OCc1ccccc1)C(=O)OCc1ccccc1. The van der Waals surface area contributed by atoms with Gasteiger partial charge < -0.3 is 51.7 Å². The third kappa shape index (κ3) is 26.6. The Balaban J connectivity index is 0.000000474. The number of rotatable bonds is 20. The Morgan fingerprint density at radius 3 is 1.09 bits per heavy atom. The lowest BCUT2D eigenvalue weighted by Gasteiger charge is -2.10. The monoisotopic (exact) mass is 1000 g/mol. The lowest BCUT2D eigenvalue weighted by atomic mass is 10.2. The number of carboxylic acids is 2. The van der Waals surface area contributed by atoms with Gasteiger partial charge in [-0.1, -0.05) is 139 Å². The van der Waals surface area contributed by atoms with Crippen LogP contribution in [0.2, 0.25) is 0 Å². The van der Waals surface area contributed by atoms with Gasteiger partial charge in [0.2, 0.25) is 0 Å². The summed E-state index contributed by atoms with van der Waals surface area (Å²) in [5, 5.41) is 16.8. The predicted octanol–water partition coefficient (Wildman–Crippen LogP) is 2.07. The van der Waals surface area contributed by atoms with Crippen molar-refractivity contribution in [2.75, 3.05) is 23.0 Å². The molecule has 4 atom stereocenters. The van der Waals surface area contributed by atoms with Gasteiger partial charge >= 0.3 is 23.9 Å². The molecule has 0 saturated carbocycles. The third-order valence-corrected chi connectivity index (χ3v) is 14.3. The van der Waals surface area contributed by atoms with E-state index in [0.717, 1.165) is 22.3 Å². The fraction of sp³-hybridized carbons (Fsp3) is 0.300. The highest BCUT2D eigenvalue weighted by molar-refractivity contribution is 8.77. The first-order valence-electron chi connectivity index (χ1n) is 18.6. The molecule has 0 aromatic heterocycles. The molecule has 64 heavy (non-hydrogen) atoms. The molecule has 4 rings (SSSR count). The Morgan fingerprint density at radius 2 is 0.828 bits per heavy atom. The van der Waals surface area contributed by atoms with Crippen molar-refractivity contribution in [3.8, 4) is 0 Å². The van der Waals surface area contributed by atoms with E-state index in [1.54, 1.807) is 24.3 Å². The van der Waals surface area contributed by atoms with E-state index >= 15 is 0 Å². The van der Waals surface area contributed by atoms with E-state index in [-0.39, 0.29) is 46.4 Å². The highest BCUT2D eigenvalue weighted by atomic mass is 33.1. The highest BCUT2D eigenvalue weighted by Gasteiger charge is 2.22. The molecule has 0 radical (unpaired) electrons. The molecule has 12 N–H and O–H groups in total. The first-order chi connectivity index (χ1) is 30.0.